The molecule has 1 atom stereocenters. The number of anilines is 2. The van der Waals surface area contributed by atoms with Gasteiger partial charge in [0.25, 0.3) is 10.0 Å². The van der Waals surface area contributed by atoms with Crippen molar-refractivity contribution >= 4 is 38.9 Å². The van der Waals surface area contributed by atoms with Crippen LogP contribution in [0.1, 0.15) is 19.4 Å². The van der Waals surface area contributed by atoms with E-state index in [0.29, 0.717) is 22.0 Å². The normalized spacial score (nSPS) is 12.7. The quantitative estimate of drug-likeness (QED) is 0.697. The molecule has 0 saturated heterocycles. The van der Waals surface area contributed by atoms with E-state index < -0.39 is 16.1 Å². The largest absolute Gasteiger partial charge is 0.325 e. The molecule has 0 bridgehead atoms. The van der Waals surface area contributed by atoms with Crippen molar-refractivity contribution in [3.8, 4) is 0 Å². The highest BCUT2D eigenvalue weighted by Crippen LogP contribution is 2.24. The Kier molecular flexibility index (Phi) is 6.28. The summed E-state index contributed by atoms with van der Waals surface area (Å²) in [5, 5.41) is 3.17. The van der Waals surface area contributed by atoms with E-state index in [9.17, 15) is 13.2 Å². The minimum atomic E-state index is -3.83. The SMILES string of the molecule is Cc1ccc(NC(=O)[C@@H](N)C(C)C)cc1S(=O)(=O)Nc1ccc(Cl)cc1. The van der Waals surface area contributed by atoms with Gasteiger partial charge in [0.1, 0.15) is 0 Å². The maximum atomic E-state index is 12.7. The summed E-state index contributed by atoms with van der Waals surface area (Å²) in [5.74, 6) is -0.395. The second-order valence-corrected chi connectivity index (χ2v) is 8.44. The van der Waals surface area contributed by atoms with Crippen molar-refractivity contribution in [1.29, 1.82) is 0 Å². The second-order valence-electron chi connectivity index (χ2n) is 6.35. The number of halogens is 1. The first kappa shape index (κ1) is 20.2. The number of sulfonamides is 1. The van der Waals surface area contributed by atoms with E-state index in [4.69, 9.17) is 17.3 Å². The van der Waals surface area contributed by atoms with Gasteiger partial charge in [0.15, 0.2) is 0 Å². The number of rotatable bonds is 6. The molecule has 0 aromatic heterocycles. The van der Waals surface area contributed by atoms with Crippen molar-refractivity contribution in [3.05, 3.63) is 53.1 Å². The maximum Gasteiger partial charge on any atom is 0.262 e. The summed E-state index contributed by atoms with van der Waals surface area (Å²) in [6.45, 7) is 5.36. The van der Waals surface area contributed by atoms with E-state index in [-0.39, 0.29) is 16.7 Å². The molecule has 8 heteroatoms. The third kappa shape index (κ3) is 4.97. The predicted molar refractivity (Wildman–Crippen MR) is 105 cm³/mol. The minimum absolute atomic E-state index is 0.0322. The molecular weight excluding hydrogens is 374 g/mol. The molecule has 0 aliphatic rings. The van der Waals surface area contributed by atoms with E-state index in [1.807, 2.05) is 13.8 Å². The average molecular weight is 396 g/mol. The molecule has 0 heterocycles. The van der Waals surface area contributed by atoms with Crippen molar-refractivity contribution in [2.45, 2.75) is 31.7 Å². The van der Waals surface area contributed by atoms with E-state index in [0.717, 1.165) is 0 Å². The number of carbonyl (C=O) groups is 1. The van der Waals surface area contributed by atoms with Crippen LogP contribution in [0.5, 0.6) is 0 Å². The van der Waals surface area contributed by atoms with Gasteiger partial charge >= 0.3 is 0 Å². The van der Waals surface area contributed by atoms with Crippen molar-refractivity contribution in [2.75, 3.05) is 10.0 Å². The highest BCUT2D eigenvalue weighted by molar-refractivity contribution is 7.92. The zero-order valence-electron chi connectivity index (χ0n) is 14.8. The smallest absolute Gasteiger partial charge is 0.262 e. The summed E-state index contributed by atoms with van der Waals surface area (Å²) in [6, 6.07) is 10.3. The molecule has 2 aromatic rings. The summed E-state index contributed by atoms with van der Waals surface area (Å²) >= 11 is 5.81. The topological polar surface area (TPSA) is 101 Å². The fourth-order valence-corrected chi connectivity index (χ4v) is 3.68. The van der Waals surface area contributed by atoms with Crippen LogP contribution in [0.25, 0.3) is 0 Å². The number of aryl methyl sites for hydroxylation is 1. The van der Waals surface area contributed by atoms with Crippen LogP contribution in [-0.4, -0.2) is 20.4 Å². The van der Waals surface area contributed by atoms with Crippen molar-refractivity contribution in [3.63, 3.8) is 0 Å². The molecule has 0 aliphatic carbocycles. The number of nitrogens with one attached hydrogen (secondary N) is 2. The van der Waals surface area contributed by atoms with Gasteiger partial charge in [-0.3, -0.25) is 9.52 Å². The molecule has 0 spiro atoms. The first-order valence-electron chi connectivity index (χ1n) is 8.05. The van der Waals surface area contributed by atoms with Crippen LogP contribution in [0.4, 0.5) is 11.4 Å². The molecule has 0 radical (unpaired) electrons. The lowest BCUT2D eigenvalue weighted by atomic mass is 10.0. The monoisotopic (exact) mass is 395 g/mol. The molecule has 4 N–H and O–H groups in total. The van der Waals surface area contributed by atoms with Crippen LogP contribution in [0.2, 0.25) is 5.02 Å². The van der Waals surface area contributed by atoms with Crippen LogP contribution in [-0.2, 0) is 14.8 Å². The van der Waals surface area contributed by atoms with Gasteiger partial charge < -0.3 is 11.1 Å². The van der Waals surface area contributed by atoms with E-state index >= 15 is 0 Å². The Labute approximate surface area is 158 Å². The summed E-state index contributed by atoms with van der Waals surface area (Å²) in [4.78, 5) is 12.2. The summed E-state index contributed by atoms with van der Waals surface area (Å²) in [7, 11) is -3.83. The van der Waals surface area contributed by atoms with Crippen LogP contribution in [0.3, 0.4) is 0 Å². The highest BCUT2D eigenvalue weighted by Gasteiger charge is 2.20. The second kappa shape index (κ2) is 8.07. The molecule has 2 aromatic carbocycles. The van der Waals surface area contributed by atoms with Gasteiger partial charge in [-0.15, -0.1) is 0 Å². The Morgan fingerprint density at radius 3 is 2.23 bits per heavy atom. The van der Waals surface area contributed by atoms with Gasteiger partial charge in [-0.25, -0.2) is 8.42 Å². The number of nitrogens with two attached hydrogens (primary N) is 1. The van der Waals surface area contributed by atoms with Crippen LogP contribution >= 0.6 is 11.6 Å². The van der Waals surface area contributed by atoms with Gasteiger partial charge in [-0.05, 0) is 54.8 Å². The minimum Gasteiger partial charge on any atom is -0.325 e. The number of benzene rings is 2. The van der Waals surface area contributed by atoms with Crippen molar-refractivity contribution in [1.82, 2.24) is 0 Å². The molecule has 0 aliphatic heterocycles. The third-order valence-corrected chi connectivity index (χ3v) is 5.64. The lowest BCUT2D eigenvalue weighted by molar-refractivity contribution is -0.118. The Morgan fingerprint density at radius 2 is 1.65 bits per heavy atom. The molecule has 0 saturated carbocycles. The Balaban J connectivity index is 2.28. The zero-order valence-corrected chi connectivity index (χ0v) is 16.4. The first-order valence-corrected chi connectivity index (χ1v) is 9.92. The van der Waals surface area contributed by atoms with E-state index in [2.05, 4.69) is 10.0 Å². The molecular formula is C18H22ClN3O3S. The molecule has 140 valence electrons. The van der Waals surface area contributed by atoms with Gasteiger partial charge in [-0.1, -0.05) is 31.5 Å². The summed E-state index contributed by atoms with van der Waals surface area (Å²) in [6.07, 6.45) is 0. The lowest BCUT2D eigenvalue weighted by Crippen LogP contribution is -2.39. The predicted octanol–water partition coefficient (Wildman–Crippen LogP) is 3.37. The Bertz CT molecular complexity index is 896. The number of carbonyl (C=O) groups excluding carboxylic acids is 1. The molecule has 0 fully saturated rings. The summed E-state index contributed by atoms with van der Waals surface area (Å²) in [5.41, 5.74) is 7.14. The number of hydrogen-bond acceptors (Lipinski definition) is 4. The first-order chi connectivity index (χ1) is 12.1. The fourth-order valence-electron chi connectivity index (χ4n) is 2.22. The van der Waals surface area contributed by atoms with Gasteiger partial charge in [0.05, 0.1) is 10.9 Å². The van der Waals surface area contributed by atoms with Crippen molar-refractivity contribution in [2.24, 2.45) is 11.7 Å². The highest BCUT2D eigenvalue weighted by atomic mass is 35.5. The van der Waals surface area contributed by atoms with Crippen LogP contribution in [0.15, 0.2) is 47.4 Å². The Morgan fingerprint density at radius 1 is 1.08 bits per heavy atom. The fraction of sp³-hybridized carbons (Fsp3) is 0.278. The summed E-state index contributed by atoms with van der Waals surface area (Å²) < 4.78 is 27.9. The Hall–Kier alpha value is -2.09. The average Bonchev–Trinajstić information content (AvgIpc) is 2.57. The standard InChI is InChI=1S/C18H22ClN3O3S/c1-11(2)17(20)18(23)21-15-7-4-12(3)16(10-15)26(24,25)22-14-8-5-13(19)6-9-14/h4-11,17,22H,20H2,1-3H3,(H,21,23)/t17-/m0/s1. The lowest BCUT2D eigenvalue weighted by Gasteiger charge is -2.16. The molecule has 26 heavy (non-hydrogen) atoms. The van der Waals surface area contributed by atoms with Gasteiger partial charge in [0, 0.05) is 16.4 Å². The van der Waals surface area contributed by atoms with Gasteiger partial charge in [-0.2, -0.15) is 0 Å². The number of hydrogen-bond donors (Lipinski definition) is 3. The maximum absolute atomic E-state index is 12.7. The molecule has 0 unspecified atom stereocenters. The van der Waals surface area contributed by atoms with Gasteiger partial charge in [0.2, 0.25) is 5.91 Å². The van der Waals surface area contributed by atoms with E-state index in [1.165, 1.54) is 6.07 Å². The molecule has 2 rings (SSSR count). The van der Waals surface area contributed by atoms with Crippen LogP contribution < -0.4 is 15.8 Å². The molecule has 1 amide bonds. The third-order valence-electron chi connectivity index (χ3n) is 3.86. The zero-order chi connectivity index (χ0) is 19.5. The van der Waals surface area contributed by atoms with E-state index in [1.54, 1.807) is 43.3 Å². The molecule has 6 nitrogen and oxygen atoms in total. The number of amides is 1. The van der Waals surface area contributed by atoms with Crippen LogP contribution in [0, 0.1) is 12.8 Å². The van der Waals surface area contributed by atoms with Crippen molar-refractivity contribution < 1.29 is 13.2 Å².